The molecular formula is C28H29N3O6. The van der Waals surface area contributed by atoms with Crippen molar-refractivity contribution in [2.75, 3.05) is 23.0 Å². The summed E-state index contributed by atoms with van der Waals surface area (Å²) in [5, 5.41) is 15.0. The van der Waals surface area contributed by atoms with E-state index in [-0.39, 0.29) is 18.1 Å². The number of Topliss-reactive ketones (excluding diaryl/α,β-unsaturated/α-hetero) is 1. The zero-order valence-electron chi connectivity index (χ0n) is 20.5. The molecule has 0 bridgehead atoms. The van der Waals surface area contributed by atoms with Crippen LogP contribution in [-0.2, 0) is 14.3 Å². The van der Waals surface area contributed by atoms with Crippen LogP contribution >= 0.6 is 0 Å². The zero-order valence-corrected chi connectivity index (χ0v) is 20.5. The van der Waals surface area contributed by atoms with Gasteiger partial charge < -0.3 is 25.6 Å². The molecule has 0 aliphatic rings. The molecule has 0 heterocycles. The summed E-state index contributed by atoms with van der Waals surface area (Å²) >= 11 is 0. The summed E-state index contributed by atoms with van der Waals surface area (Å²) in [4.78, 5) is 36.8. The molecule has 3 aromatic rings. The quantitative estimate of drug-likeness (QED) is 0.172. The van der Waals surface area contributed by atoms with E-state index in [1.54, 1.807) is 67.6 Å². The minimum atomic E-state index is -0.956. The van der Waals surface area contributed by atoms with Crippen molar-refractivity contribution in [3.8, 4) is 5.75 Å². The van der Waals surface area contributed by atoms with E-state index in [0.717, 1.165) is 0 Å². The molecule has 0 aliphatic heterocycles. The van der Waals surface area contributed by atoms with Gasteiger partial charge in [-0.1, -0.05) is 24.3 Å². The van der Waals surface area contributed by atoms with Crippen molar-refractivity contribution in [3.05, 3.63) is 96.1 Å². The Morgan fingerprint density at radius 2 is 1.65 bits per heavy atom. The number of ether oxygens (including phenoxy) is 2. The van der Waals surface area contributed by atoms with Crippen LogP contribution < -0.4 is 16.4 Å². The second-order valence-electron chi connectivity index (χ2n) is 8.03. The summed E-state index contributed by atoms with van der Waals surface area (Å²) in [5.41, 5.74) is 8.25. The van der Waals surface area contributed by atoms with Gasteiger partial charge in [-0.25, -0.2) is 4.79 Å². The summed E-state index contributed by atoms with van der Waals surface area (Å²) in [6.45, 7) is 3.50. The molecule has 37 heavy (non-hydrogen) atoms. The molecule has 2 atom stereocenters. The maximum atomic E-state index is 12.8. The van der Waals surface area contributed by atoms with Crippen molar-refractivity contribution >= 4 is 34.8 Å². The molecule has 9 heteroatoms. The first-order valence-electron chi connectivity index (χ1n) is 11.6. The molecule has 0 saturated heterocycles. The van der Waals surface area contributed by atoms with Crippen molar-refractivity contribution < 1.29 is 29.0 Å². The third-order valence-corrected chi connectivity index (χ3v) is 5.31. The van der Waals surface area contributed by atoms with Crippen molar-refractivity contribution in [3.63, 3.8) is 0 Å². The van der Waals surface area contributed by atoms with Gasteiger partial charge in [-0.2, -0.15) is 0 Å². The van der Waals surface area contributed by atoms with Crippen LogP contribution in [0, 0.1) is 0 Å². The first-order chi connectivity index (χ1) is 17.8. The van der Waals surface area contributed by atoms with Crippen LogP contribution in [0.25, 0.3) is 0 Å². The lowest BCUT2D eigenvalue weighted by Crippen LogP contribution is -2.28. The van der Waals surface area contributed by atoms with Crippen LogP contribution in [0.15, 0.2) is 84.9 Å². The molecule has 9 nitrogen and oxygen atoms in total. The average Bonchev–Trinajstić information content (AvgIpc) is 2.87. The number of aromatic hydroxyl groups is 1. The van der Waals surface area contributed by atoms with E-state index in [1.807, 2.05) is 0 Å². The van der Waals surface area contributed by atoms with E-state index >= 15 is 0 Å². The van der Waals surface area contributed by atoms with Gasteiger partial charge in [-0.15, -0.1) is 0 Å². The summed E-state index contributed by atoms with van der Waals surface area (Å²) < 4.78 is 11.5. The lowest BCUT2D eigenvalue weighted by atomic mass is 10.0. The Morgan fingerprint density at radius 1 is 0.973 bits per heavy atom. The standard InChI is InChI=1S/C28H29N3O6/c1-3-36-25(16-17-26(34)31-24-7-5-4-6-23(24)29)27(20-10-14-22(33)15-11-20)37-28(35)30-21-12-8-19(9-13-21)18(2)32/h4-17,25,27,33H,3,29H2,1-2H3,(H,30,35)(H,31,34)/b17-16+/t25-,27-/m0/s1. The predicted molar refractivity (Wildman–Crippen MR) is 141 cm³/mol. The predicted octanol–water partition coefficient (Wildman–Crippen LogP) is 5.07. The van der Waals surface area contributed by atoms with E-state index < -0.39 is 24.2 Å². The number of nitrogen functional groups attached to an aromatic ring is 1. The molecule has 0 radical (unpaired) electrons. The van der Waals surface area contributed by atoms with Gasteiger partial charge in [0.05, 0.1) is 11.4 Å². The highest BCUT2D eigenvalue weighted by atomic mass is 16.6. The van der Waals surface area contributed by atoms with Gasteiger partial charge in [0.1, 0.15) is 11.9 Å². The minimum absolute atomic E-state index is 0.0424. The van der Waals surface area contributed by atoms with Crippen molar-refractivity contribution in [2.24, 2.45) is 0 Å². The van der Waals surface area contributed by atoms with E-state index in [0.29, 0.717) is 28.2 Å². The number of nitrogens with one attached hydrogen (secondary N) is 2. The van der Waals surface area contributed by atoms with Crippen LogP contribution in [0.3, 0.4) is 0 Å². The van der Waals surface area contributed by atoms with Gasteiger partial charge in [0.15, 0.2) is 11.9 Å². The van der Waals surface area contributed by atoms with Gasteiger partial charge >= 0.3 is 6.09 Å². The molecule has 2 amide bonds. The lowest BCUT2D eigenvalue weighted by Gasteiger charge is -2.25. The normalized spacial score (nSPS) is 12.5. The number of anilines is 3. The highest BCUT2D eigenvalue weighted by Gasteiger charge is 2.26. The number of hydrogen-bond acceptors (Lipinski definition) is 7. The van der Waals surface area contributed by atoms with Crippen molar-refractivity contribution in [1.29, 1.82) is 0 Å². The molecule has 0 aliphatic carbocycles. The van der Waals surface area contributed by atoms with E-state index in [4.69, 9.17) is 15.2 Å². The number of amides is 2. The second kappa shape index (κ2) is 12.9. The zero-order chi connectivity index (χ0) is 26.8. The Morgan fingerprint density at radius 3 is 2.27 bits per heavy atom. The van der Waals surface area contributed by atoms with Gasteiger partial charge in [-0.05, 0) is 74.0 Å². The molecule has 0 fully saturated rings. The maximum absolute atomic E-state index is 12.8. The van der Waals surface area contributed by atoms with E-state index in [9.17, 15) is 19.5 Å². The number of ketones is 1. The summed E-state index contributed by atoms with van der Waals surface area (Å²) in [7, 11) is 0. The fraction of sp³-hybridized carbons (Fsp3) is 0.179. The average molecular weight is 504 g/mol. The maximum Gasteiger partial charge on any atom is 0.412 e. The van der Waals surface area contributed by atoms with E-state index in [2.05, 4.69) is 10.6 Å². The Bertz CT molecular complexity index is 1260. The number of carbonyl (C=O) groups excluding carboxylic acids is 3. The second-order valence-corrected chi connectivity index (χ2v) is 8.03. The van der Waals surface area contributed by atoms with Gasteiger partial charge in [0, 0.05) is 23.9 Å². The number of carbonyl (C=O) groups is 3. The highest BCUT2D eigenvalue weighted by Crippen LogP contribution is 2.27. The molecule has 0 unspecified atom stereocenters. The summed E-state index contributed by atoms with van der Waals surface area (Å²) in [6.07, 6.45) is 0.210. The van der Waals surface area contributed by atoms with Gasteiger partial charge in [0.2, 0.25) is 5.91 Å². The van der Waals surface area contributed by atoms with Gasteiger partial charge in [-0.3, -0.25) is 14.9 Å². The van der Waals surface area contributed by atoms with Crippen LogP contribution in [0.4, 0.5) is 21.9 Å². The first-order valence-corrected chi connectivity index (χ1v) is 11.6. The minimum Gasteiger partial charge on any atom is -0.508 e. The smallest absolute Gasteiger partial charge is 0.412 e. The summed E-state index contributed by atoms with van der Waals surface area (Å²) in [5.74, 6) is -0.491. The van der Waals surface area contributed by atoms with Crippen LogP contribution in [0.2, 0.25) is 0 Å². The van der Waals surface area contributed by atoms with E-state index in [1.165, 1.54) is 31.2 Å². The number of phenolic OH excluding ortho intramolecular Hbond substituents is 1. The fourth-order valence-electron chi connectivity index (χ4n) is 3.44. The number of nitrogens with two attached hydrogens (primary N) is 1. The molecular weight excluding hydrogens is 474 g/mol. The van der Waals surface area contributed by atoms with Crippen molar-refractivity contribution in [1.82, 2.24) is 0 Å². The number of para-hydroxylation sites is 2. The van der Waals surface area contributed by atoms with Crippen molar-refractivity contribution in [2.45, 2.75) is 26.1 Å². The van der Waals surface area contributed by atoms with Crippen LogP contribution in [-0.4, -0.2) is 35.6 Å². The Labute approximate surface area is 214 Å². The molecule has 3 aromatic carbocycles. The fourth-order valence-corrected chi connectivity index (χ4v) is 3.44. The third-order valence-electron chi connectivity index (χ3n) is 5.31. The molecule has 3 rings (SSSR count). The molecule has 0 aromatic heterocycles. The number of benzene rings is 3. The highest BCUT2D eigenvalue weighted by molar-refractivity contribution is 6.01. The first kappa shape index (κ1) is 27.0. The largest absolute Gasteiger partial charge is 0.508 e. The summed E-state index contributed by atoms with van der Waals surface area (Å²) in [6, 6.07) is 19.3. The third kappa shape index (κ3) is 7.94. The number of hydrogen-bond donors (Lipinski definition) is 4. The Kier molecular flexibility index (Phi) is 9.40. The SMILES string of the molecule is CCO[C@@H](/C=C/C(=O)Nc1ccccc1N)[C@@H](OC(=O)Nc1ccc(C(C)=O)cc1)c1ccc(O)cc1. The van der Waals surface area contributed by atoms with Crippen LogP contribution in [0.1, 0.15) is 35.9 Å². The number of phenols is 1. The monoisotopic (exact) mass is 503 g/mol. The molecule has 0 saturated carbocycles. The topological polar surface area (TPSA) is 140 Å². The molecule has 5 N–H and O–H groups in total. The van der Waals surface area contributed by atoms with Gasteiger partial charge in [0.25, 0.3) is 0 Å². The lowest BCUT2D eigenvalue weighted by molar-refractivity contribution is -0.112. The van der Waals surface area contributed by atoms with Crippen LogP contribution in [0.5, 0.6) is 5.75 Å². The Hall–Kier alpha value is -4.63. The molecule has 192 valence electrons. The number of rotatable bonds is 10. The molecule has 0 spiro atoms. The Balaban J connectivity index is 1.80.